The lowest BCUT2D eigenvalue weighted by Gasteiger charge is -2.50. The number of nitrogens with zero attached hydrogens (tertiary/aromatic N) is 1. The van der Waals surface area contributed by atoms with Crippen molar-refractivity contribution in [1.82, 2.24) is 0 Å². The number of benzene rings is 3. The SMILES string of the molecule is C[C@]12CC[C@@H]3c4ccc(OC(=O)c5ccccc5)cc4CC[C@H]3[C@@H]1C[C@@H](O)[C@@H]2OC(=O)COC(=O)CCCc1ccc(N(CCCl)CCCl)cc1. The number of aliphatic hydroxyl groups excluding tert-OH is 1. The van der Waals surface area contributed by atoms with E-state index < -0.39 is 30.8 Å². The van der Waals surface area contributed by atoms with Gasteiger partial charge < -0.3 is 24.2 Å². The summed E-state index contributed by atoms with van der Waals surface area (Å²) in [5, 5.41) is 11.2. The molecule has 3 aromatic carbocycles. The molecule has 0 unspecified atom stereocenters. The van der Waals surface area contributed by atoms with Gasteiger partial charge in [0.05, 0.1) is 11.7 Å². The Morgan fingerprint density at radius 2 is 1.69 bits per heavy atom. The van der Waals surface area contributed by atoms with Crippen LogP contribution in [0.3, 0.4) is 0 Å². The predicted octanol–water partition coefficient (Wildman–Crippen LogP) is 7.49. The zero-order chi connectivity index (χ0) is 36.0. The maximum absolute atomic E-state index is 12.9. The van der Waals surface area contributed by atoms with Gasteiger partial charge in [-0.2, -0.15) is 0 Å². The summed E-state index contributed by atoms with van der Waals surface area (Å²) in [6.07, 6.45) is 4.13. The molecule has 0 saturated heterocycles. The lowest BCUT2D eigenvalue weighted by Crippen LogP contribution is -2.46. The molecule has 272 valence electrons. The molecule has 2 saturated carbocycles. The zero-order valence-electron chi connectivity index (χ0n) is 29.1. The molecule has 6 atom stereocenters. The molecule has 0 spiro atoms. The average Bonchev–Trinajstić information content (AvgIpc) is 3.39. The number of esters is 3. The van der Waals surface area contributed by atoms with E-state index >= 15 is 0 Å². The van der Waals surface area contributed by atoms with Gasteiger partial charge in [0.15, 0.2) is 6.61 Å². The summed E-state index contributed by atoms with van der Waals surface area (Å²) >= 11 is 11.8. The molecule has 0 aromatic heterocycles. The van der Waals surface area contributed by atoms with E-state index in [-0.39, 0.29) is 23.7 Å². The molecule has 0 heterocycles. The van der Waals surface area contributed by atoms with Gasteiger partial charge >= 0.3 is 17.9 Å². The third kappa shape index (κ3) is 8.56. The highest BCUT2D eigenvalue weighted by molar-refractivity contribution is 6.18. The topological polar surface area (TPSA) is 102 Å². The minimum Gasteiger partial charge on any atom is -0.457 e. The van der Waals surface area contributed by atoms with Gasteiger partial charge in [-0.05, 0) is 116 Å². The number of anilines is 1. The molecular formula is C41H47Cl2NO7. The quantitative estimate of drug-likeness (QED) is 0.103. The van der Waals surface area contributed by atoms with Gasteiger partial charge in [-0.3, -0.25) is 4.79 Å². The fourth-order valence-electron chi connectivity index (χ4n) is 8.82. The first kappa shape index (κ1) is 37.2. The van der Waals surface area contributed by atoms with Gasteiger partial charge in [-0.1, -0.05) is 43.3 Å². The number of fused-ring (bicyclic) bond motifs is 5. The van der Waals surface area contributed by atoms with Crippen molar-refractivity contribution < 1.29 is 33.7 Å². The third-order valence-electron chi connectivity index (χ3n) is 11.3. The van der Waals surface area contributed by atoms with Gasteiger partial charge in [-0.25, -0.2) is 9.59 Å². The van der Waals surface area contributed by atoms with E-state index in [2.05, 4.69) is 17.9 Å². The van der Waals surface area contributed by atoms with Crippen molar-refractivity contribution in [1.29, 1.82) is 0 Å². The smallest absolute Gasteiger partial charge is 0.344 e. The molecule has 0 amide bonds. The highest BCUT2D eigenvalue weighted by Gasteiger charge is 2.59. The Morgan fingerprint density at radius 1 is 0.941 bits per heavy atom. The molecule has 0 aliphatic heterocycles. The van der Waals surface area contributed by atoms with Crippen molar-refractivity contribution >= 4 is 46.8 Å². The van der Waals surface area contributed by atoms with E-state index in [4.69, 9.17) is 37.4 Å². The Kier molecular flexibility index (Phi) is 12.3. The molecule has 3 aliphatic rings. The van der Waals surface area contributed by atoms with Crippen LogP contribution in [-0.2, 0) is 31.9 Å². The van der Waals surface area contributed by atoms with Crippen molar-refractivity contribution in [2.45, 2.75) is 76.4 Å². The monoisotopic (exact) mass is 735 g/mol. The number of alkyl halides is 2. The van der Waals surface area contributed by atoms with Crippen LogP contribution in [0.5, 0.6) is 5.75 Å². The Balaban J connectivity index is 0.974. The fraction of sp³-hybridized carbons (Fsp3) is 0.488. The van der Waals surface area contributed by atoms with Crippen LogP contribution in [-0.4, -0.2) is 66.7 Å². The minimum absolute atomic E-state index is 0.187. The number of ether oxygens (including phenoxy) is 3. The number of carbonyl (C=O) groups is 3. The van der Waals surface area contributed by atoms with Crippen molar-refractivity contribution in [3.8, 4) is 5.75 Å². The van der Waals surface area contributed by atoms with E-state index in [0.717, 1.165) is 50.0 Å². The molecule has 51 heavy (non-hydrogen) atoms. The Hall–Kier alpha value is -3.59. The van der Waals surface area contributed by atoms with E-state index in [1.54, 1.807) is 12.1 Å². The lowest BCUT2D eigenvalue weighted by atomic mass is 9.55. The number of aryl methyl sites for hydroxylation is 2. The van der Waals surface area contributed by atoms with Crippen LogP contribution >= 0.6 is 23.2 Å². The van der Waals surface area contributed by atoms with E-state index in [1.807, 2.05) is 54.6 Å². The lowest BCUT2D eigenvalue weighted by molar-refractivity contribution is -0.173. The molecular weight excluding hydrogens is 689 g/mol. The molecule has 0 radical (unpaired) electrons. The number of hydrogen-bond donors (Lipinski definition) is 1. The fourth-order valence-corrected chi connectivity index (χ4v) is 9.22. The molecule has 1 N–H and O–H groups in total. The first-order valence-corrected chi connectivity index (χ1v) is 19.2. The summed E-state index contributed by atoms with van der Waals surface area (Å²) in [6, 6.07) is 23.1. The van der Waals surface area contributed by atoms with Gasteiger partial charge in [-0.15, -0.1) is 23.2 Å². The van der Waals surface area contributed by atoms with Gasteiger partial charge in [0, 0.05) is 42.4 Å². The second-order valence-electron chi connectivity index (χ2n) is 14.3. The summed E-state index contributed by atoms with van der Waals surface area (Å²) < 4.78 is 16.9. The van der Waals surface area contributed by atoms with Crippen LogP contribution in [0.2, 0.25) is 0 Å². The zero-order valence-corrected chi connectivity index (χ0v) is 30.6. The van der Waals surface area contributed by atoms with Crippen LogP contribution in [0.1, 0.15) is 78.4 Å². The maximum Gasteiger partial charge on any atom is 0.344 e. The molecule has 8 nitrogen and oxygen atoms in total. The standard InChI is InChI=1S/C41H47Cl2NO7/c1-41-19-18-33-32-17-15-31(50-40(48)28-7-3-2-4-8-28)24-29(32)12-16-34(33)35(41)25-36(45)39(41)51-38(47)26-49-37(46)9-5-6-27-10-13-30(14-11-27)44(22-20-42)23-21-43/h2-4,7-8,10-11,13-15,17,24,33-36,39,45H,5-6,9,12,16,18-23,25-26H2,1H3/t33-,34-,35+,36-,39+,41+/m1/s1. The van der Waals surface area contributed by atoms with Crippen LogP contribution in [0.25, 0.3) is 0 Å². The molecule has 2 fully saturated rings. The van der Waals surface area contributed by atoms with Gasteiger partial charge in [0.25, 0.3) is 0 Å². The van der Waals surface area contributed by atoms with Gasteiger partial charge in [0.2, 0.25) is 0 Å². The van der Waals surface area contributed by atoms with Crippen molar-refractivity contribution in [2.75, 3.05) is 36.4 Å². The van der Waals surface area contributed by atoms with Crippen LogP contribution in [0.4, 0.5) is 5.69 Å². The van der Waals surface area contributed by atoms with Crippen molar-refractivity contribution in [2.24, 2.45) is 17.3 Å². The molecule has 10 heteroatoms. The minimum atomic E-state index is -0.775. The summed E-state index contributed by atoms with van der Waals surface area (Å²) in [6.45, 7) is 3.10. The highest BCUT2D eigenvalue weighted by Crippen LogP contribution is 2.61. The average molecular weight is 737 g/mol. The summed E-state index contributed by atoms with van der Waals surface area (Å²) in [5.74, 6) is 0.992. The molecule has 3 aliphatic carbocycles. The third-order valence-corrected chi connectivity index (χ3v) is 11.7. The number of aliphatic hydroxyl groups is 1. The predicted molar refractivity (Wildman–Crippen MR) is 198 cm³/mol. The highest BCUT2D eigenvalue weighted by atomic mass is 35.5. The molecule has 3 aromatic rings. The second-order valence-corrected chi connectivity index (χ2v) is 15.1. The van der Waals surface area contributed by atoms with Gasteiger partial charge in [0.1, 0.15) is 11.9 Å². The number of carbonyl (C=O) groups excluding carboxylic acids is 3. The Bertz CT molecular complexity index is 1660. The second kappa shape index (κ2) is 16.8. The molecule has 0 bridgehead atoms. The summed E-state index contributed by atoms with van der Waals surface area (Å²) in [4.78, 5) is 40.1. The van der Waals surface area contributed by atoms with Crippen LogP contribution < -0.4 is 9.64 Å². The van der Waals surface area contributed by atoms with E-state index in [1.165, 1.54) is 11.1 Å². The molecule has 6 rings (SSSR count). The van der Waals surface area contributed by atoms with Crippen LogP contribution in [0.15, 0.2) is 72.8 Å². The maximum atomic E-state index is 12.9. The Labute approximate surface area is 310 Å². The number of hydrogen-bond acceptors (Lipinski definition) is 8. The normalized spacial score (nSPS) is 24.8. The number of halogens is 2. The van der Waals surface area contributed by atoms with Crippen molar-refractivity contribution in [3.05, 3.63) is 95.1 Å². The first-order valence-electron chi connectivity index (χ1n) is 18.1. The van der Waals surface area contributed by atoms with E-state index in [9.17, 15) is 19.5 Å². The van der Waals surface area contributed by atoms with E-state index in [0.29, 0.717) is 54.2 Å². The Morgan fingerprint density at radius 3 is 2.41 bits per heavy atom. The summed E-state index contributed by atoms with van der Waals surface area (Å²) in [5.41, 5.74) is 4.78. The number of rotatable bonds is 14. The summed E-state index contributed by atoms with van der Waals surface area (Å²) in [7, 11) is 0. The largest absolute Gasteiger partial charge is 0.457 e. The first-order chi connectivity index (χ1) is 24.7. The van der Waals surface area contributed by atoms with Crippen LogP contribution in [0, 0.1) is 17.3 Å². The van der Waals surface area contributed by atoms with Crippen molar-refractivity contribution in [3.63, 3.8) is 0 Å².